The lowest BCUT2D eigenvalue weighted by molar-refractivity contribution is 0.0782. The highest BCUT2D eigenvalue weighted by molar-refractivity contribution is 5.28. The van der Waals surface area contributed by atoms with Gasteiger partial charge >= 0.3 is 0 Å². The van der Waals surface area contributed by atoms with E-state index in [4.69, 9.17) is 0 Å². The van der Waals surface area contributed by atoms with Gasteiger partial charge < -0.3 is 10.2 Å². The molecule has 13 heavy (non-hydrogen) atoms. The summed E-state index contributed by atoms with van der Waals surface area (Å²) in [6, 6.07) is 7.37. The zero-order valence-corrected chi connectivity index (χ0v) is 8.28. The molecule has 72 valence electrons. The van der Waals surface area contributed by atoms with Crippen molar-refractivity contribution in [2.75, 3.05) is 0 Å². The van der Waals surface area contributed by atoms with Gasteiger partial charge in [0.2, 0.25) is 0 Å². The smallest absolute Gasteiger partial charge is 0.0840 e. The largest absolute Gasteiger partial charge is 0.389 e. The average molecular weight is 180 g/mol. The van der Waals surface area contributed by atoms with E-state index in [1.807, 2.05) is 24.3 Å². The Bertz CT molecular complexity index is 284. The minimum absolute atomic E-state index is 0.484. The summed E-state index contributed by atoms with van der Waals surface area (Å²) >= 11 is 0. The zero-order chi connectivity index (χ0) is 10.1. The first-order valence-electron chi connectivity index (χ1n) is 4.42. The lowest BCUT2D eigenvalue weighted by atomic mass is 9.95. The molecule has 2 nitrogen and oxygen atoms in total. The Morgan fingerprint density at radius 1 is 1.31 bits per heavy atom. The molecular formula is C11H16O2. The molecule has 1 aromatic carbocycles. The van der Waals surface area contributed by atoms with Crippen LogP contribution in [0.4, 0.5) is 0 Å². The van der Waals surface area contributed by atoms with Crippen molar-refractivity contribution in [2.45, 2.75) is 32.5 Å². The van der Waals surface area contributed by atoms with E-state index in [0.717, 1.165) is 11.1 Å². The van der Waals surface area contributed by atoms with Gasteiger partial charge in [-0.2, -0.15) is 0 Å². The topological polar surface area (TPSA) is 40.5 Å². The average Bonchev–Trinajstić information content (AvgIpc) is 2.03. The molecule has 0 spiro atoms. The second-order valence-corrected chi connectivity index (χ2v) is 3.86. The van der Waals surface area contributed by atoms with Crippen LogP contribution in [0.5, 0.6) is 0 Å². The summed E-state index contributed by atoms with van der Waals surface area (Å²) in [5, 5.41) is 19.0. The van der Waals surface area contributed by atoms with Crippen molar-refractivity contribution in [1.82, 2.24) is 0 Å². The highest BCUT2D eigenvalue weighted by Gasteiger charge is 2.16. The van der Waals surface area contributed by atoms with Gasteiger partial charge in [-0.15, -0.1) is 0 Å². The maximum Gasteiger partial charge on any atom is 0.0840 e. The van der Waals surface area contributed by atoms with Crippen LogP contribution < -0.4 is 0 Å². The Kier molecular flexibility index (Phi) is 2.74. The predicted molar refractivity (Wildman–Crippen MR) is 52.3 cm³/mol. The van der Waals surface area contributed by atoms with Crippen LogP contribution in [-0.4, -0.2) is 10.2 Å². The Morgan fingerprint density at radius 3 is 2.38 bits per heavy atom. The molecule has 0 fully saturated rings. The summed E-state index contributed by atoms with van der Waals surface area (Å²) in [7, 11) is 0. The third-order valence-corrected chi connectivity index (χ3v) is 2.08. The van der Waals surface area contributed by atoms with E-state index in [2.05, 4.69) is 0 Å². The van der Waals surface area contributed by atoms with Gasteiger partial charge in [-0.3, -0.25) is 0 Å². The molecule has 2 N–H and O–H groups in total. The first kappa shape index (κ1) is 10.2. The normalized spacial score (nSPS) is 14.2. The fraction of sp³-hybridized carbons (Fsp3) is 0.455. The minimum atomic E-state index is -0.842. The monoisotopic (exact) mass is 180 g/mol. The third kappa shape index (κ3) is 2.54. The second kappa shape index (κ2) is 3.48. The SMILES string of the molecule is CC(O)c1cccc(C(C)(C)O)c1. The summed E-state index contributed by atoms with van der Waals surface area (Å²) in [5.41, 5.74) is 0.816. The fourth-order valence-corrected chi connectivity index (χ4v) is 1.18. The summed E-state index contributed by atoms with van der Waals surface area (Å²) < 4.78 is 0. The zero-order valence-electron chi connectivity index (χ0n) is 8.28. The predicted octanol–water partition coefficient (Wildman–Crippen LogP) is 1.97. The van der Waals surface area contributed by atoms with Crippen molar-refractivity contribution in [3.63, 3.8) is 0 Å². The van der Waals surface area contributed by atoms with E-state index >= 15 is 0 Å². The summed E-state index contributed by atoms with van der Waals surface area (Å²) in [6.45, 7) is 5.17. The molecule has 0 amide bonds. The number of hydrogen-bond acceptors (Lipinski definition) is 2. The molecule has 1 aromatic rings. The number of benzene rings is 1. The van der Waals surface area contributed by atoms with Gasteiger partial charge in [0.25, 0.3) is 0 Å². The molecule has 0 aromatic heterocycles. The van der Waals surface area contributed by atoms with Crippen molar-refractivity contribution in [2.24, 2.45) is 0 Å². The standard InChI is InChI=1S/C11H16O2/c1-8(12)9-5-4-6-10(7-9)11(2,3)13/h4-8,12-13H,1-3H3. The lowest BCUT2D eigenvalue weighted by Gasteiger charge is -2.19. The number of aliphatic hydroxyl groups is 2. The van der Waals surface area contributed by atoms with Gasteiger partial charge in [-0.25, -0.2) is 0 Å². The molecule has 0 saturated carbocycles. The molecule has 0 heterocycles. The molecule has 0 saturated heterocycles. The highest BCUT2D eigenvalue weighted by Crippen LogP contribution is 2.22. The first-order valence-corrected chi connectivity index (χ1v) is 4.42. The Balaban J connectivity index is 3.06. The van der Waals surface area contributed by atoms with Gasteiger partial charge in [0.1, 0.15) is 0 Å². The third-order valence-electron chi connectivity index (χ3n) is 2.08. The van der Waals surface area contributed by atoms with Crippen molar-refractivity contribution < 1.29 is 10.2 Å². The van der Waals surface area contributed by atoms with Crippen molar-refractivity contribution in [1.29, 1.82) is 0 Å². The van der Waals surface area contributed by atoms with Gasteiger partial charge in [0.15, 0.2) is 0 Å². The molecule has 1 unspecified atom stereocenters. The molecule has 0 aliphatic heterocycles. The van der Waals surface area contributed by atoms with E-state index in [-0.39, 0.29) is 0 Å². The number of rotatable bonds is 2. The molecular weight excluding hydrogens is 164 g/mol. The van der Waals surface area contributed by atoms with Crippen LogP contribution in [-0.2, 0) is 5.60 Å². The summed E-state index contributed by atoms with van der Waals surface area (Å²) in [6.07, 6.45) is -0.484. The second-order valence-electron chi connectivity index (χ2n) is 3.86. The molecule has 1 atom stereocenters. The Labute approximate surface area is 78.8 Å². The van der Waals surface area contributed by atoms with Crippen LogP contribution >= 0.6 is 0 Å². The molecule has 0 bridgehead atoms. The summed E-state index contributed by atoms with van der Waals surface area (Å²) in [5.74, 6) is 0. The van der Waals surface area contributed by atoms with Crippen LogP contribution in [0, 0.1) is 0 Å². The minimum Gasteiger partial charge on any atom is -0.389 e. The van der Waals surface area contributed by atoms with E-state index in [1.54, 1.807) is 20.8 Å². The van der Waals surface area contributed by atoms with E-state index in [9.17, 15) is 10.2 Å². The van der Waals surface area contributed by atoms with Gasteiger partial charge in [-0.05, 0) is 31.9 Å². The molecule has 0 aliphatic rings. The van der Waals surface area contributed by atoms with E-state index in [1.165, 1.54) is 0 Å². The number of hydrogen-bond donors (Lipinski definition) is 2. The maximum atomic E-state index is 9.71. The maximum absolute atomic E-state index is 9.71. The molecule has 2 heteroatoms. The van der Waals surface area contributed by atoms with Crippen molar-refractivity contribution in [3.05, 3.63) is 35.4 Å². The van der Waals surface area contributed by atoms with E-state index < -0.39 is 11.7 Å². The van der Waals surface area contributed by atoms with Gasteiger partial charge in [0.05, 0.1) is 11.7 Å². The van der Waals surface area contributed by atoms with Crippen molar-refractivity contribution >= 4 is 0 Å². The van der Waals surface area contributed by atoms with Gasteiger partial charge in [0, 0.05) is 0 Å². The Morgan fingerprint density at radius 2 is 1.92 bits per heavy atom. The highest BCUT2D eigenvalue weighted by atomic mass is 16.3. The van der Waals surface area contributed by atoms with Gasteiger partial charge in [-0.1, -0.05) is 24.3 Å². The quantitative estimate of drug-likeness (QED) is 0.730. The molecule has 0 radical (unpaired) electrons. The molecule has 0 aliphatic carbocycles. The molecule has 1 rings (SSSR count). The number of aliphatic hydroxyl groups excluding tert-OH is 1. The van der Waals surface area contributed by atoms with Crippen LogP contribution in [0.25, 0.3) is 0 Å². The fourth-order valence-electron chi connectivity index (χ4n) is 1.18. The van der Waals surface area contributed by atoms with Crippen LogP contribution in [0.1, 0.15) is 38.0 Å². The van der Waals surface area contributed by atoms with Crippen LogP contribution in [0.15, 0.2) is 24.3 Å². The first-order chi connectivity index (χ1) is 5.91. The lowest BCUT2D eigenvalue weighted by Crippen LogP contribution is -2.15. The van der Waals surface area contributed by atoms with Crippen molar-refractivity contribution in [3.8, 4) is 0 Å². The van der Waals surface area contributed by atoms with Crippen LogP contribution in [0.2, 0.25) is 0 Å². The summed E-state index contributed by atoms with van der Waals surface area (Å²) in [4.78, 5) is 0. The Hall–Kier alpha value is -0.860. The van der Waals surface area contributed by atoms with Crippen LogP contribution in [0.3, 0.4) is 0 Å². The van der Waals surface area contributed by atoms with E-state index in [0.29, 0.717) is 0 Å².